The minimum atomic E-state index is -1.01. The van der Waals surface area contributed by atoms with Crippen molar-refractivity contribution in [3.05, 3.63) is 16.3 Å². The van der Waals surface area contributed by atoms with Crippen molar-refractivity contribution < 1.29 is 9.90 Å². The van der Waals surface area contributed by atoms with E-state index in [2.05, 4.69) is 25.6 Å². The van der Waals surface area contributed by atoms with Gasteiger partial charge in [0.25, 0.3) is 0 Å². The molecule has 9 heteroatoms. The third kappa shape index (κ3) is 3.92. The van der Waals surface area contributed by atoms with Gasteiger partial charge in [0.05, 0.1) is 5.92 Å². The van der Waals surface area contributed by atoms with E-state index in [1.807, 2.05) is 20.8 Å². The number of carboxylic acid groups (broad SMARTS) is 1. The summed E-state index contributed by atoms with van der Waals surface area (Å²) in [7, 11) is 0. The molecular formula is C11H19N7O2. The lowest BCUT2D eigenvalue weighted by molar-refractivity contribution is -0.143. The summed E-state index contributed by atoms with van der Waals surface area (Å²) in [6, 6.07) is -0.901. The first-order valence-corrected chi connectivity index (χ1v) is 6.54. The van der Waals surface area contributed by atoms with Gasteiger partial charge in [-0.3, -0.25) is 4.79 Å². The van der Waals surface area contributed by atoms with E-state index in [0.717, 1.165) is 6.42 Å². The third-order valence-electron chi connectivity index (χ3n) is 2.86. The number of nitrogens with zero attached hydrogens (tertiary/aromatic N) is 7. The molecule has 0 amide bonds. The lowest BCUT2D eigenvalue weighted by Gasteiger charge is -2.20. The molecule has 0 unspecified atom stereocenters. The molecular weight excluding hydrogens is 262 g/mol. The van der Waals surface area contributed by atoms with Gasteiger partial charge in [-0.2, -0.15) is 0 Å². The van der Waals surface area contributed by atoms with Crippen LogP contribution in [0, 0.1) is 11.8 Å². The zero-order valence-corrected chi connectivity index (χ0v) is 11.8. The average molecular weight is 281 g/mol. The molecule has 9 nitrogen and oxygen atoms in total. The Morgan fingerprint density at radius 3 is 2.75 bits per heavy atom. The van der Waals surface area contributed by atoms with Crippen LogP contribution in [0.4, 0.5) is 0 Å². The Hall–Kier alpha value is -2.15. The monoisotopic (exact) mass is 281 g/mol. The zero-order valence-electron chi connectivity index (χ0n) is 11.8. The Morgan fingerprint density at radius 1 is 1.55 bits per heavy atom. The second-order valence-corrected chi connectivity index (χ2v) is 4.98. The summed E-state index contributed by atoms with van der Waals surface area (Å²) in [4.78, 5) is 14.2. The van der Waals surface area contributed by atoms with E-state index in [1.54, 1.807) is 0 Å². The SMILES string of the molecule is CCCn1nnnc1[C@H](N=[N+]=[N-])[C@@H](CC(C)C)C(=O)O. The molecule has 0 aromatic carbocycles. The van der Waals surface area contributed by atoms with Gasteiger partial charge in [-0.1, -0.05) is 25.9 Å². The number of aromatic nitrogens is 4. The minimum absolute atomic E-state index is 0.156. The van der Waals surface area contributed by atoms with Gasteiger partial charge in [0.1, 0.15) is 6.04 Å². The van der Waals surface area contributed by atoms with E-state index < -0.39 is 17.9 Å². The molecule has 1 aromatic heterocycles. The molecule has 1 aromatic rings. The van der Waals surface area contributed by atoms with Crippen LogP contribution in [-0.4, -0.2) is 31.3 Å². The van der Waals surface area contributed by atoms with E-state index in [-0.39, 0.29) is 5.92 Å². The van der Waals surface area contributed by atoms with Crippen molar-refractivity contribution in [1.82, 2.24) is 20.2 Å². The number of aryl methyl sites for hydroxylation is 1. The van der Waals surface area contributed by atoms with E-state index in [1.165, 1.54) is 4.68 Å². The van der Waals surface area contributed by atoms with Crippen molar-refractivity contribution in [3.8, 4) is 0 Å². The molecule has 1 rings (SSSR count). The quantitative estimate of drug-likeness (QED) is 0.443. The van der Waals surface area contributed by atoms with Gasteiger partial charge in [0.15, 0.2) is 5.82 Å². The summed E-state index contributed by atoms with van der Waals surface area (Å²) in [6.07, 6.45) is 1.18. The Kier molecular flexibility index (Phi) is 5.92. The topological polar surface area (TPSA) is 130 Å². The highest BCUT2D eigenvalue weighted by Crippen LogP contribution is 2.30. The number of tetrazole rings is 1. The molecule has 0 aliphatic carbocycles. The summed E-state index contributed by atoms with van der Waals surface area (Å²) in [5.41, 5.74) is 8.71. The number of rotatable bonds is 8. The minimum Gasteiger partial charge on any atom is -0.481 e. The standard InChI is InChI=1S/C11H19N7O2/c1-4-5-18-10(14-16-17-18)9(13-15-12)8(11(19)20)6-7(2)3/h7-9H,4-6H2,1-3H3,(H,19,20)/t8-,9-/m1/s1. The van der Waals surface area contributed by atoms with Crippen LogP contribution >= 0.6 is 0 Å². The Bertz CT molecular complexity index is 493. The van der Waals surface area contributed by atoms with Gasteiger partial charge in [0, 0.05) is 11.5 Å². The maximum absolute atomic E-state index is 11.5. The lowest BCUT2D eigenvalue weighted by Crippen LogP contribution is -2.25. The Balaban J connectivity index is 3.16. The fourth-order valence-corrected chi connectivity index (χ4v) is 2.03. The molecule has 0 bridgehead atoms. The molecule has 1 heterocycles. The van der Waals surface area contributed by atoms with Crippen LogP contribution in [0.3, 0.4) is 0 Å². The van der Waals surface area contributed by atoms with Gasteiger partial charge < -0.3 is 5.11 Å². The molecule has 0 fully saturated rings. The van der Waals surface area contributed by atoms with Gasteiger partial charge in [0.2, 0.25) is 0 Å². The predicted octanol–water partition coefficient (Wildman–Crippen LogP) is 2.18. The van der Waals surface area contributed by atoms with Crippen LogP contribution < -0.4 is 0 Å². The highest BCUT2D eigenvalue weighted by atomic mass is 16.4. The van der Waals surface area contributed by atoms with Crippen molar-refractivity contribution in [2.75, 3.05) is 0 Å². The molecule has 1 N–H and O–H groups in total. The van der Waals surface area contributed by atoms with Gasteiger partial charge in [-0.15, -0.1) is 5.10 Å². The van der Waals surface area contributed by atoms with E-state index in [4.69, 9.17) is 5.53 Å². The molecule has 2 atom stereocenters. The maximum atomic E-state index is 11.5. The lowest BCUT2D eigenvalue weighted by atomic mass is 9.90. The smallest absolute Gasteiger partial charge is 0.307 e. The van der Waals surface area contributed by atoms with Crippen LogP contribution in [0.1, 0.15) is 45.5 Å². The first kappa shape index (κ1) is 15.9. The molecule has 0 radical (unpaired) electrons. The van der Waals surface area contributed by atoms with Crippen LogP contribution in [0.15, 0.2) is 5.11 Å². The average Bonchev–Trinajstić information content (AvgIpc) is 2.81. The van der Waals surface area contributed by atoms with Crippen molar-refractivity contribution >= 4 is 5.97 Å². The normalized spacial score (nSPS) is 13.8. The van der Waals surface area contributed by atoms with Crippen molar-refractivity contribution in [2.45, 2.75) is 46.2 Å². The fraction of sp³-hybridized carbons (Fsp3) is 0.818. The van der Waals surface area contributed by atoms with Crippen LogP contribution in [0.25, 0.3) is 10.4 Å². The first-order chi connectivity index (χ1) is 9.51. The highest BCUT2D eigenvalue weighted by molar-refractivity contribution is 5.71. The Morgan fingerprint density at radius 2 is 2.25 bits per heavy atom. The van der Waals surface area contributed by atoms with Gasteiger partial charge in [-0.25, -0.2) is 4.68 Å². The van der Waals surface area contributed by atoms with E-state index >= 15 is 0 Å². The number of carbonyl (C=O) groups is 1. The summed E-state index contributed by atoms with van der Waals surface area (Å²) >= 11 is 0. The van der Waals surface area contributed by atoms with Crippen LogP contribution in [-0.2, 0) is 11.3 Å². The molecule has 0 saturated carbocycles. The second kappa shape index (κ2) is 7.44. The molecule has 0 aliphatic rings. The van der Waals surface area contributed by atoms with Gasteiger partial charge in [-0.05, 0) is 34.7 Å². The predicted molar refractivity (Wildman–Crippen MR) is 70.6 cm³/mol. The zero-order chi connectivity index (χ0) is 15.1. The number of hydrogen-bond donors (Lipinski definition) is 1. The molecule has 0 spiro atoms. The van der Waals surface area contributed by atoms with E-state index in [9.17, 15) is 9.90 Å². The first-order valence-electron chi connectivity index (χ1n) is 6.54. The summed E-state index contributed by atoms with van der Waals surface area (Å²) in [5, 5.41) is 24.2. The highest BCUT2D eigenvalue weighted by Gasteiger charge is 2.33. The number of aliphatic carboxylic acids is 1. The van der Waals surface area contributed by atoms with Crippen molar-refractivity contribution in [2.24, 2.45) is 17.0 Å². The Labute approximate surface area is 116 Å². The molecule has 20 heavy (non-hydrogen) atoms. The van der Waals surface area contributed by atoms with Crippen molar-refractivity contribution in [3.63, 3.8) is 0 Å². The molecule has 0 aliphatic heterocycles. The van der Waals surface area contributed by atoms with E-state index in [0.29, 0.717) is 18.8 Å². The summed E-state index contributed by atoms with van der Waals surface area (Å²) in [5.74, 6) is -1.39. The number of carboxylic acids is 1. The van der Waals surface area contributed by atoms with Gasteiger partial charge >= 0.3 is 5.97 Å². The van der Waals surface area contributed by atoms with Crippen LogP contribution in [0.5, 0.6) is 0 Å². The third-order valence-corrected chi connectivity index (χ3v) is 2.86. The molecule has 0 saturated heterocycles. The second-order valence-electron chi connectivity index (χ2n) is 4.98. The summed E-state index contributed by atoms with van der Waals surface area (Å²) in [6.45, 7) is 6.33. The number of hydrogen-bond acceptors (Lipinski definition) is 5. The number of azide groups is 1. The fourth-order valence-electron chi connectivity index (χ4n) is 2.03. The van der Waals surface area contributed by atoms with Crippen LogP contribution in [0.2, 0.25) is 0 Å². The summed E-state index contributed by atoms with van der Waals surface area (Å²) < 4.78 is 1.50. The maximum Gasteiger partial charge on any atom is 0.307 e. The largest absolute Gasteiger partial charge is 0.481 e. The molecule has 110 valence electrons. The van der Waals surface area contributed by atoms with Crippen molar-refractivity contribution in [1.29, 1.82) is 0 Å².